The topological polar surface area (TPSA) is 163 Å². The quantitative estimate of drug-likeness (QED) is 0.201. The van der Waals surface area contributed by atoms with Crippen LogP contribution in [0.3, 0.4) is 0 Å². The number of carbonyl (C=O) groups excluding carboxylic acids is 2. The Morgan fingerprint density at radius 3 is 2.14 bits per heavy atom. The number of amides is 1. The van der Waals surface area contributed by atoms with Crippen LogP contribution in [0.4, 0.5) is 0 Å². The summed E-state index contributed by atoms with van der Waals surface area (Å²) in [4.78, 5) is 32.9. The van der Waals surface area contributed by atoms with Crippen molar-refractivity contribution in [3.63, 3.8) is 0 Å². The van der Waals surface area contributed by atoms with Gasteiger partial charge in [-0.05, 0) is 0 Å². The molecule has 0 aliphatic carbocycles. The molecule has 0 spiro atoms. The molecule has 0 bridgehead atoms. The Bertz CT molecular complexity index is 500. The van der Waals surface area contributed by atoms with Gasteiger partial charge in [-0.15, -0.1) is 6.42 Å². The number of carboxylic acid groups (broad SMARTS) is 1. The van der Waals surface area contributed by atoms with E-state index in [1.807, 2.05) is 0 Å². The molecule has 1 heterocycles. The Hall–Kier alpha value is -1.19. The predicted octanol–water partition coefficient (Wildman–Crippen LogP) is -0.840. The van der Waals surface area contributed by atoms with Gasteiger partial charge in [0.15, 0.2) is 5.97 Å². The molecule has 1 aliphatic heterocycles. The van der Waals surface area contributed by atoms with Gasteiger partial charge in [0.05, 0.1) is 18.2 Å². The third kappa shape index (κ3) is 11.0. The van der Waals surface area contributed by atoms with Crippen molar-refractivity contribution >= 4 is 17.8 Å². The maximum Gasteiger partial charge on any atom is 2.00 e. The van der Waals surface area contributed by atoms with Crippen LogP contribution >= 0.6 is 0 Å². The van der Waals surface area contributed by atoms with Crippen molar-refractivity contribution < 1.29 is 65.3 Å². The summed E-state index contributed by atoms with van der Waals surface area (Å²) in [6, 6.07) is -1.14. The smallest absolute Gasteiger partial charge is 0.514 e. The van der Waals surface area contributed by atoms with E-state index in [0.29, 0.717) is 0 Å². The Kier molecular flexibility index (Phi) is 14.4. The molecule has 1 fully saturated rings. The summed E-state index contributed by atoms with van der Waals surface area (Å²) in [6.07, 6.45) is -6.96. The number of aliphatic hydroxyl groups excluding tert-OH is 3. The fraction of sp³-hybridized carbons (Fsp3) is 0.706. The van der Waals surface area contributed by atoms with E-state index in [-0.39, 0.29) is 27.5 Å². The molecular weight excluding hydrogens is 546 g/mol. The first-order valence-corrected chi connectivity index (χ1v) is 8.34. The summed E-state index contributed by atoms with van der Waals surface area (Å²) in [7, 11) is 0. The molecule has 0 saturated carbocycles. The number of hydrogen-bond acceptors (Lipinski definition) is 8. The Balaban J connectivity index is 0. The molecule has 1 saturated heterocycles. The van der Waals surface area contributed by atoms with Crippen molar-refractivity contribution in [1.29, 1.82) is 0 Å². The zero-order valence-corrected chi connectivity index (χ0v) is 19.5. The van der Waals surface area contributed by atoms with Crippen LogP contribution < -0.4 is 5.32 Å². The number of carboxylic acids is 1. The van der Waals surface area contributed by atoms with Crippen LogP contribution in [0.5, 0.6) is 0 Å². The average molecular weight is 575 g/mol. The third-order valence-corrected chi connectivity index (χ3v) is 3.24. The van der Waals surface area contributed by atoms with Gasteiger partial charge in [-0.1, -0.05) is 0 Å². The minimum atomic E-state index is -1.71. The SMILES string of the molecule is CC(=O)N[C@H]1[C@H]([C@H](O)[C@H](O)COC(C)=O)O[C-](C(=O)O)C[C@@H]1O.C[C-](C)C.[W+2]. The van der Waals surface area contributed by atoms with Gasteiger partial charge in [0.1, 0.15) is 18.8 Å². The molecule has 1 aliphatic rings. The number of hydrogen-bond donors (Lipinski definition) is 5. The van der Waals surface area contributed by atoms with Crippen LogP contribution in [0.25, 0.3) is 0 Å². The van der Waals surface area contributed by atoms with E-state index in [4.69, 9.17) is 9.84 Å². The van der Waals surface area contributed by atoms with Gasteiger partial charge < -0.3 is 41.1 Å². The fourth-order valence-corrected chi connectivity index (χ4v) is 2.17. The summed E-state index contributed by atoms with van der Waals surface area (Å²) in [5.74, 6) is -1.24. The second kappa shape index (κ2) is 13.9. The Morgan fingerprint density at radius 2 is 1.75 bits per heavy atom. The van der Waals surface area contributed by atoms with Crippen LogP contribution in [0.1, 0.15) is 41.0 Å². The van der Waals surface area contributed by atoms with Crippen LogP contribution in [0, 0.1) is 12.0 Å². The van der Waals surface area contributed by atoms with Crippen molar-refractivity contribution in [2.45, 2.75) is 71.5 Å². The van der Waals surface area contributed by atoms with E-state index in [0.717, 1.165) is 6.92 Å². The van der Waals surface area contributed by atoms with Crippen molar-refractivity contribution in [3.05, 3.63) is 12.0 Å². The van der Waals surface area contributed by atoms with Crippen LogP contribution in [-0.4, -0.2) is 75.3 Å². The van der Waals surface area contributed by atoms with Crippen LogP contribution in [-0.2, 0) is 44.9 Å². The largest absolute Gasteiger partial charge is 2.00 e. The molecule has 1 amide bonds. The predicted molar refractivity (Wildman–Crippen MR) is 92.9 cm³/mol. The summed E-state index contributed by atoms with van der Waals surface area (Å²) < 4.78 is 9.67. The van der Waals surface area contributed by atoms with E-state index < -0.39 is 61.0 Å². The minimum Gasteiger partial charge on any atom is -0.514 e. The van der Waals surface area contributed by atoms with Gasteiger partial charge in [0, 0.05) is 13.8 Å². The first-order valence-electron chi connectivity index (χ1n) is 8.34. The van der Waals surface area contributed by atoms with Gasteiger partial charge in [0.2, 0.25) is 5.91 Å². The van der Waals surface area contributed by atoms with E-state index >= 15 is 0 Å². The standard InChI is InChI=1S/C13H20NO9.C4H9.W/c1-5(15)14-10-7(17)3-9(13(20)21)23-12(10)11(19)8(18)4-22-6(2)16;1-4(2)3;/h7-8,10-12,17-19H,3-4H2,1-2H3,(H,14,15)(H,20,21);1-3H3;/q2*-1;+2/t7-,8+,10+,11+,12+;;/m0../s1. The zero-order valence-electron chi connectivity index (χ0n) is 16.5. The number of aliphatic carboxylic acids is 1. The number of nitrogens with one attached hydrogen (secondary N) is 1. The van der Waals surface area contributed by atoms with E-state index in [9.17, 15) is 29.7 Å². The van der Waals surface area contributed by atoms with Gasteiger partial charge in [-0.2, -0.15) is 26.9 Å². The molecule has 5 atom stereocenters. The van der Waals surface area contributed by atoms with Crippen molar-refractivity contribution in [2.75, 3.05) is 6.61 Å². The number of rotatable bonds is 6. The van der Waals surface area contributed by atoms with Crippen molar-refractivity contribution in [3.8, 4) is 0 Å². The number of ether oxygens (including phenoxy) is 2. The summed E-state index contributed by atoms with van der Waals surface area (Å²) >= 11 is 0. The summed E-state index contributed by atoms with van der Waals surface area (Å²) in [5, 5.41) is 41.3. The molecule has 28 heavy (non-hydrogen) atoms. The van der Waals surface area contributed by atoms with Gasteiger partial charge >= 0.3 is 27.0 Å². The monoisotopic (exact) mass is 575 g/mol. The molecule has 0 aromatic carbocycles. The molecule has 0 aromatic heterocycles. The first-order chi connectivity index (χ1) is 12.4. The minimum absolute atomic E-state index is 0. The molecule has 5 N–H and O–H groups in total. The van der Waals surface area contributed by atoms with Crippen molar-refractivity contribution in [1.82, 2.24) is 5.32 Å². The third-order valence-electron chi connectivity index (χ3n) is 3.24. The number of aliphatic hydroxyl groups is 3. The molecule has 11 heteroatoms. The van der Waals surface area contributed by atoms with Gasteiger partial charge in [-0.3, -0.25) is 14.4 Å². The van der Waals surface area contributed by atoms with E-state index in [2.05, 4.69) is 30.8 Å². The molecular formula is C17H29NO9W. The molecule has 1 rings (SSSR count). The average Bonchev–Trinajstić information content (AvgIpc) is 2.52. The number of esters is 1. The fourth-order valence-electron chi connectivity index (χ4n) is 2.17. The van der Waals surface area contributed by atoms with Crippen LogP contribution in [0.15, 0.2) is 0 Å². The normalized spacial score (nSPS) is 23.5. The molecule has 0 aromatic rings. The Labute approximate surface area is 178 Å². The molecule has 10 nitrogen and oxygen atoms in total. The van der Waals surface area contributed by atoms with E-state index in [1.165, 1.54) is 12.8 Å². The van der Waals surface area contributed by atoms with E-state index in [1.54, 1.807) is 0 Å². The van der Waals surface area contributed by atoms with Gasteiger partial charge in [-0.25, -0.2) is 0 Å². The molecule has 0 radical (unpaired) electrons. The molecule has 0 unspecified atom stereocenters. The summed E-state index contributed by atoms with van der Waals surface area (Å²) in [6.45, 7) is 7.97. The first kappa shape index (κ1) is 29.0. The second-order valence-electron chi connectivity index (χ2n) is 6.67. The molecule has 162 valence electrons. The van der Waals surface area contributed by atoms with Gasteiger partial charge in [0.25, 0.3) is 0 Å². The maximum absolute atomic E-state index is 11.2. The Morgan fingerprint density at radius 1 is 1.25 bits per heavy atom. The second-order valence-corrected chi connectivity index (χ2v) is 6.67. The van der Waals surface area contributed by atoms with Crippen LogP contribution in [0.2, 0.25) is 0 Å². The van der Waals surface area contributed by atoms with Crippen molar-refractivity contribution in [2.24, 2.45) is 0 Å². The maximum atomic E-state index is 11.2. The number of carbonyl (C=O) groups is 3. The summed E-state index contributed by atoms with van der Waals surface area (Å²) in [5.41, 5.74) is 0. The zero-order chi connectivity index (χ0) is 21.3.